The van der Waals surface area contributed by atoms with Crippen molar-refractivity contribution in [2.24, 2.45) is 0 Å². The highest BCUT2D eigenvalue weighted by Gasteiger charge is 2.12. The lowest BCUT2D eigenvalue weighted by molar-refractivity contribution is -0.118. The van der Waals surface area contributed by atoms with Crippen LogP contribution in [0.15, 0.2) is 44.7 Å². The normalized spacial score (nSPS) is 10.5. The minimum absolute atomic E-state index is 0.129. The summed E-state index contributed by atoms with van der Waals surface area (Å²) >= 11 is 3.85. The molecule has 2 N–H and O–H groups in total. The number of amides is 2. The molecule has 0 radical (unpaired) electrons. The average molecular weight is 380 g/mol. The predicted molar refractivity (Wildman–Crippen MR) is 93.5 cm³/mol. The zero-order valence-corrected chi connectivity index (χ0v) is 14.7. The van der Waals surface area contributed by atoms with Gasteiger partial charge in [-0.15, -0.1) is 21.5 Å². The molecule has 0 aromatic carbocycles. The lowest BCUT2D eigenvalue weighted by Gasteiger charge is -2.01. The van der Waals surface area contributed by atoms with Crippen LogP contribution in [0.4, 0.5) is 5.13 Å². The summed E-state index contributed by atoms with van der Waals surface area (Å²) in [6.45, 7) is 0.352. The average Bonchev–Trinajstić information content (AvgIpc) is 3.32. The van der Waals surface area contributed by atoms with E-state index in [-0.39, 0.29) is 17.6 Å². The Hall–Kier alpha value is -2.17. The highest BCUT2D eigenvalue weighted by Crippen LogP contribution is 2.25. The van der Waals surface area contributed by atoms with Gasteiger partial charge in [-0.2, -0.15) is 0 Å². The summed E-state index contributed by atoms with van der Waals surface area (Å²) in [5, 5.41) is 15.5. The first-order valence-electron chi connectivity index (χ1n) is 6.81. The van der Waals surface area contributed by atoms with E-state index in [2.05, 4.69) is 20.8 Å². The molecular weight excluding hydrogens is 368 g/mol. The van der Waals surface area contributed by atoms with Crippen LogP contribution in [-0.2, 0) is 11.3 Å². The first-order chi connectivity index (χ1) is 11.7. The van der Waals surface area contributed by atoms with Crippen LogP contribution in [0.5, 0.6) is 0 Å². The van der Waals surface area contributed by atoms with Gasteiger partial charge >= 0.3 is 0 Å². The molecule has 7 nitrogen and oxygen atoms in total. The van der Waals surface area contributed by atoms with Crippen molar-refractivity contribution in [1.82, 2.24) is 15.5 Å². The fraction of sp³-hybridized carbons (Fsp3) is 0.143. The standard InChI is InChI=1S/C14H12N4O3S3/c19-11(15-7-9-3-1-5-21-9)8-23-14-18-17-13(24-14)16-12(20)10-4-2-6-22-10/h1-6H,7-8H2,(H,15,19)(H,16,17,20). The van der Waals surface area contributed by atoms with Crippen molar-refractivity contribution in [3.63, 3.8) is 0 Å². The fourth-order valence-electron chi connectivity index (χ4n) is 1.66. The lowest BCUT2D eigenvalue weighted by Crippen LogP contribution is -2.24. The van der Waals surface area contributed by atoms with Crippen LogP contribution in [0, 0.1) is 0 Å². The van der Waals surface area contributed by atoms with Crippen molar-refractivity contribution in [2.45, 2.75) is 10.9 Å². The summed E-state index contributed by atoms with van der Waals surface area (Å²) in [7, 11) is 0. The summed E-state index contributed by atoms with van der Waals surface area (Å²) in [5.74, 6) is 0.571. The summed E-state index contributed by atoms with van der Waals surface area (Å²) in [6.07, 6.45) is 1.56. The van der Waals surface area contributed by atoms with Crippen molar-refractivity contribution in [3.05, 3.63) is 46.5 Å². The van der Waals surface area contributed by atoms with Gasteiger partial charge in [0.1, 0.15) is 5.76 Å². The van der Waals surface area contributed by atoms with Gasteiger partial charge in [-0.3, -0.25) is 14.9 Å². The van der Waals surface area contributed by atoms with Crippen LogP contribution < -0.4 is 10.6 Å². The molecule has 3 aromatic heterocycles. The number of anilines is 1. The van der Waals surface area contributed by atoms with Gasteiger partial charge in [0.05, 0.1) is 23.4 Å². The molecule has 0 atom stereocenters. The Balaban J connectivity index is 1.44. The van der Waals surface area contributed by atoms with Crippen LogP contribution in [0.2, 0.25) is 0 Å². The zero-order valence-electron chi connectivity index (χ0n) is 12.2. The summed E-state index contributed by atoms with van der Waals surface area (Å²) in [4.78, 5) is 24.3. The number of thioether (sulfide) groups is 1. The Kier molecular flexibility index (Phi) is 5.62. The number of hydrogen-bond acceptors (Lipinski definition) is 8. The number of nitrogens with one attached hydrogen (secondary N) is 2. The Morgan fingerprint density at radius 3 is 2.92 bits per heavy atom. The summed E-state index contributed by atoms with van der Waals surface area (Å²) in [5.41, 5.74) is 0. The van der Waals surface area contributed by atoms with Gasteiger partial charge in [-0.1, -0.05) is 29.2 Å². The molecule has 0 bridgehead atoms. The molecule has 3 aromatic rings. The molecule has 0 aliphatic rings. The number of thiophene rings is 1. The Morgan fingerprint density at radius 2 is 2.17 bits per heavy atom. The van der Waals surface area contributed by atoms with Crippen LogP contribution in [0.25, 0.3) is 0 Å². The second kappa shape index (κ2) is 8.08. The molecular formula is C14H12N4O3S3. The molecule has 124 valence electrons. The molecule has 10 heteroatoms. The number of nitrogens with zero attached hydrogens (tertiary/aromatic N) is 2. The van der Waals surface area contributed by atoms with Gasteiger partial charge in [0.15, 0.2) is 4.34 Å². The van der Waals surface area contributed by atoms with E-state index >= 15 is 0 Å². The maximum Gasteiger partial charge on any atom is 0.267 e. The molecule has 2 amide bonds. The predicted octanol–water partition coefficient (Wildman–Crippen LogP) is 2.85. The van der Waals surface area contributed by atoms with E-state index in [9.17, 15) is 9.59 Å². The van der Waals surface area contributed by atoms with E-state index in [0.29, 0.717) is 26.7 Å². The molecule has 0 spiro atoms. The van der Waals surface area contributed by atoms with Crippen LogP contribution in [-0.4, -0.2) is 27.8 Å². The van der Waals surface area contributed by atoms with E-state index in [4.69, 9.17) is 4.42 Å². The zero-order chi connectivity index (χ0) is 16.8. The third-order valence-electron chi connectivity index (χ3n) is 2.74. The monoisotopic (exact) mass is 380 g/mol. The number of furan rings is 1. The number of hydrogen-bond donors (Lipinski definition) is 2. The quantitative estimate of drug-likeness (QED) is 0.483. The molecule has 3 rings (SSSR count). The molecule has 0 fully saturated rings. The molecule has 24 heavy (non-hydrogen) atoms. The second-order valence-electron chi connectivity index (χ2n) is 4.45. The lowest BCUT2D eigenvalue weighted by atomic mass is 10.4. The van der Waals surface area contributed by atoms with E-state index in [1.54, 1.807) is 24.5 Å². The number of aromatic nitrogens is 2. The topological polar surface area (TPSA) is 97.1 Å². The number of rotatable bonds is 7. The SMILES string of the molecule is O=C(CSc1nnc(NC(=O)c2cccs2)s1)NCc1ccco1. The van der Waals surface area contributed by atoms with Crippen molar-refractivity contribution in [3.8, 4) is 0 Å². The minimum Gasteiger partial charge on any atom is -0.467 e. The van der Waals surface area contributed by atoms with Gasteiger partial charge in [0.2, 0.25) is 11.0 Å². The molecule has 0 unspecified atom stereocenters. The van der Waals surface area contributed by atoms with Crippen molar-refractivity contribution < 1.29 is 14.0 Å². The maximum absolute atomic E-state index is 11.9. The highest BCUT2D eigenvalue weighted by molar-refractivity contribution is 8.01. The van der Waals surface area contributed by atoms with E-state index in [1.807, 2.05) is 11.4 Å². The highest BCUT2D eigenvalue weighted by atomic mass is 32.2. The van der Waals surface area contributed by atoms with Gasteiger partial charge < -0.3 is 9.73 Å². The van der Waals surface area contributed by atoms with Gasteiger partial charge in [0, 0.05) is 0 Å². The number of carbonyl (C=O) groups is 2. The van der Waals surface area contributed by atoms with E-state index in [1.165, 1.54) is 34.4 Å². The van der Waals surface area contributed by atoms with E-state index < -0.39 is 0 Å². The molecule has 0 aliphatic carbocycles. The first kappa shape index (κ1) is 16.7. The van der Waals surface area contributed by atoms with Crippen LogP contribution in [0.1, 0.15) is 15.4 Å². The third-order valence-corrected chi connectivity index (χ3v) is 5.58. The molecule has 3 heterocycles. The number of carbonyl (C=O) groups excluding carboxylic acids is 2. The third kappa shape index (κ3) is 4.66. The van der Waals surface area contributed by atoms with Gasteiger partial charge in [0.25, 0.3) is 5.91 Å². The summed E-state index contributed by atoms with van der Waals surface area (Å²) < 4.78 is 5.75. The van der Waals surface area contributed by atoms with Crippen LogP contribution in [0.3, 0.4) is 0 Å². The largest absolute Gasteiger partial charge is 0.467 e. The Morgan fingerprint density at radius 1 is 1.25 bits per heavy atom. The van der Waals surface area contributed by atoms with Crippen molar-refractivity contribution in [1.29, 1.82) is 0 Å². The first-order valence-corrected chi connectivity index (χ1v) is 9.49. The van der Waals surface area contributed by atoms with Gasteiger partial charge in [-0.25, -0.2) is 0 Å². The summed E-state index contributed by atoms with van der Waals surface area (Å²) in [6, 6.07) is 7.10. The Bertz CT molecular complexity index is 799. The fourth-order valence-corrected chi connectivity index (χ4v) is 3.86. The maximum atomic E-state index is 11.9. The molecule has 0 aliphatic heterocycles. The van der Waals surface area contributed by atoms with Crippen LogP contribution >= 0.6 is 34.4 Å². The second-order valence-corrected chi connectivity index (χ2v) is 7.60. The smallest absolute Gasteiger partial charge is 0.267 e. The van der Waals surface area contributed by atoms with Gasteiger partial charge in [-0.05, 0) is 23.6 Å². The van der Waals surface area contributed by atoms with E-state index in [0.717, 1.165) is 0 Å². The van der Waals surface area contributed by atoms with Crippen molar-refractivity contribution >= 4 is 51.4 Å². The Labute approximate surface area is 149 Å². The minimum atomic E-state index is -0.214. The molecule has 0 saturated heterocycles. The molecule has 0 saturated carbocycles. The van der Waals surface area contributed by atoms with Crippen molar-refractivity contribution in [2.75, 3.05) is 11.1 Å².